The van der Waals surface area contributed by atoms with Crippen molar-refractivity contribution in [3.05, 3.63) is 12.7 Å². The molecule has 0 aliphatic rings. The van der Waals surface area contributed by atoms with Crippen molar-refractivity contribution in [3.63, 3.8) is 0 Å². The normalized spacial score (nSPS) is 9.67. The lowest BCUT2D eigenvalue weighted by atomic mass is 10.5. The average molecular weight is 192 g/mol. The quantitative estimate of drug-likeness (QED) is 0.133. The van der Waals surface area contributed by atoms with E-state index in [1.807, 2.05) is 0 Å². The van der Waals surface area contributed by atoms with Crippen molar-refractivity contribution in [3.8, 4) is 0 Å². The van der Waals surface area contributed by atoms with Crippen molar-refractivity contribution < 1.29 is 24.0 Å². The van der Waals surface area contributed by atoms with E-state index >= 15 is 0 Å². The summed E-state index contributed by atoms with van der Waals surface area (Å²) in [6, 6.07) is 0. The van der Waals surface area contributed by atoms with Gasteiger partial charge in [0.25, 0.3) is 0 Å². The largest absolute Gasteiger partial charge is 0.462 e. The number of ether oxygens (including phenoxy) is 1. The highest BCUT2D eigenvalue weighted by atomic mass is 28.2. The third kappa shape index (κ3) is 7.41. The van der Waals surface area contributed by atoms with Crippen LogP contribution in [-0.2, 0) is 24.0 Å². The minimum atomic E-state index is -0.435. The molecule has 0 aromatic heterocycles. The molecule has 0 saturated carbocycles. The summed E-state index contributed by atoms with van der Waals surface area (Å²) in [5.74, 6) is -0.435. The van der Waals surface area contributed by atoms with Crippen molar-refractivity contribution in [2.24, 2.45) is 0 Å². The van der Waals surface area contributed by atoms with Crippen molar-refractivity contribution >= 4 is 16.5 Å². The third-order valence-corrected chi connectivity index (χ3v) is 1.04. The summed E-state index contributed by atoms with van der Waals surface area (Å²) in [4.78, 5) is 15.0. The fraction of sp³-hybridized carbons (Fsp3) is 0.500. The molecule has 0 saturated heterocycles. The number of carbonyl (C=O) groups excluding carboxylic acids is 1. The maximum atomic E-state index is 10.5. The molecule has 5 nitrogen and oxygen atoms in total. The van der Waals surface area contributed by atoms with E-state index in [2.05, 4.69) is 25.8 Å². The third-order valence-electron chi connectivity index (χ3n) is 0.899. The summed E-state index contributed by atoms with van der Waals surface area (Å²) in [5.41, 5.74) is 0. The highest BCUT2D eigenvalue weighted by molar-refractivity contribution is 5.97. The first kappa shape index (κ1) is 11.3. The second-order valence-electron chi connectivity index (χ2n) is 1.78. The molecule has 0 unspecified atom stereocenters. The topological polar surface area (TPSA) is 54.0 Å². The molecule has 0 rings (SSSR count). The van der Waals surface area contributed by atoms with Crippen molar-refractivity contribution in [2.75, 3.05) is 13.2 Å². The molecule has 0 fully saturated rings. The highest BCUT2D eigenvalue weighted by Crippen LogP contribution is 1.87. The molecule has 0 aromatic carbocycles. The maximum Gasteiger partial charge on any atom is 0.330 e. The van der Waals surface area contributed by atoms with Crippen LogP contribution in [0, 0.1) is 0 Å². The van der Waals surface area contributed by atoms with Gasteiger partial charge in [0, 0.05) is 12.5 Å². The van der Waals surface area contributed by atoms with E-state index in [4.69, 9.17) is 0 Å². The van der Waals surface area contributed by atoms with Crippen LogP contribution < -0.4 is 0 Å². The highest BCUT2D eigenvalue weighted by Gasteiger charge is 1.94. The van der Waals surface area contributed by atoms with Crippen molar-refractivity contribution in [2.45, 2.75) is 6.42 Å². The zero-order chi connectivity index (χ0) is 9.23. The first-order valence-corrected chi connectivity index (χ1v) is 4.24. The second-order valence-corrected chi connectivity index (χ2v) is 2.12. The zero-order valence-corrected chi connectivity index (χ0v) is 8.95. The minimum absolute atomic E-state index is 0.287. The van der Waals surface area contributed by atoms with E-state index in [9.17, 15) is 4.79 Å². The summed E-state index contributed by atoms with van der Waals surface area (Å²) in [6.07, 6.45) is 1.67. The van der Waals surface area contributed by atoms with E-state index < -0.39 is 5.97 Å². The Labute approximate surface area is 73.6 Å². The number of carbonyl (C=O) groups is 1. The van der Waals surface area contributed by atoms with Crippen molar-refractivity contribution in [1.29, 1.82) is 0 Å². The molecular formula is C6H12O5Si. The molecular weight excluding hydrogens is 180 g/mol. The van der Waals surface area contributed by atoms with Crippen LogP contribution in [0.3, 0.4) is 0 Å². The fourth-order valence-electron chi connectivity index (χ4n) is 0.432. The molecule has 12 heavy (non-hydrogen) atoms. The Morgan fingerprint density at radius 1 is 1.50 bits per heavy atom. The Morgan fingerprint density at radius 3 is 2.83 bits per heavy atom. The SMILES string of the molecule is C=CC(=O)OCCCOOO[SiH3]. The van der Waals surface area contributed by atoms with E-state index in [0.29, 0.717) is 23.5 Å². The van der Waals surface area contributed by atoms with Crippen LogP contribution in [0.2, 0.25) is 0 Å². The number of rotatable bonds is 7. The van der Waals surface area contributed by atoms with Gasteiger partial charge in [0.2, 0.25) is 0 Å². The van der Waals surface area contributed by atoms with E-state index in [-0.39, 0.29) is 6.61 Å². The van der Waals surface area contributed by atoms with Crippen LogP contribution in [0.1, 0.15) is 6.42 Å². The van der Waals surface area contributed by atoms with Gasteiger partial charge < -0.3 is 4.74 Å². The van der Waals surface area contributed by atoms with E-state index in [1.165, 1.54) is 0 Å². The van der Waals surface area contributed by atoms with Gasteiger partial charge in [-0.05, 0) is 0 Å². The molecule has 0 aromatic rings. The van der Waals surface area contributed by atoms with Crippen LogP contribution in [0.5, 0.6) is 0 Å². The van der Waals surface area contributed by atoms with Gasteiger partial charge in [-0.1, -0.05) is 11.6 Å². The lowest BCUT2D eigenvalue weighted by Gasteiger charge is -2.01. The van der Waals surface area contributed by atoms with E-state index in [1.54, 1.807) is 0 Å². The van der Waals surface area contributed by atoms with Crippen LogP contribution in [-0.4, -0.2) is 29.7 Å². The Bertz CT molecular complexity index is 138. The molecule has 6 heteroatoms. The second kappa shape index (κ2) is 8.40. The Kier molecular flexibility index (Phi) is 7.92. The lowest BCUT2D eigenvalue weighted by molar-refractivity contribution is -0.467. The van der Waals surface area contributed by atoms with Gasteiger partial charge in [-0.15, -0.1) is 0 Å². The average Bonchev–Trinajstić information content (AvgIpc) is 2.10. The first-order valence-electron chi connectivity index (χ1n) is 3.42. The van der Waals surface area contributed by atoms with Gasteiger partial charge in [-0.3, -0.25) is 4.58 Å². The maximum absolute atomic E-state index is 10.5. The number of hydrogen-bond acceptors (Lipinski definition) is 5. The molecule has 0 radical (unpaired) electrons. The summed E-state index contributed by atoms with van der Waals surface area (Å²) >= 11 is 0. The van der Waals surface area contributed by atoms with Crippen LogP contribution in [0.25, 0.3) is 0 Å². The molecule has 0 aliphatic heterocycles. The molecule has 0 amide bonds. The van der Waals surface area contributed by atoms with Crippen LogP contribution >= 0.6 is 0 Å². The van der Waals surface area contributed by atoms with Crippen LogP contribution in [0.4, 0.5) is 0 Å². The fourth-order valence-corrected chi connectivity index (χ4v) is 0.528. The Morgan fingerprint density at radius 2 is 2.25 bits per heavy atom. The first-order chi connectivity index (χ1) is 5.81. The summed E-state index contributed by atoms with van der Waals surface area (Å²) < 4.78 is 8.93. The summed E-state index contributed by atoms with van der Waals surface area (Å²) in [5, 5.41) is 4.17. The Hall–Kier alpha value is -0.693. The predicted octanol–water partition coefficient (Wildman–Crippen LogP) is -0.734. The molecule has 0 spiro atoms. The Balaban J connectivity index is 3.00. The van der Waals surface area contributed by atoms with E-state index in [0.717, 1.165) is 6.08 Å². The molecule has 0 N–H and O–H groups in total. The van der Waals surface area contributed by atoms with Gasteiger partial charge in [0.15, 0.2) is 10.5 Å². The molecule has 0 heterocycles. The molecule has 0 bridgehead atoms. The van der Waals surface area contributed by atoms with Gasteiger partial charge in [0.05, 0.1) is 13.2 Å². The summed E-state index contributed by atoms with van der Waals surface area (Å²) in [6.45, 7) is 3.86. The smallest absolute Gasteiger partial charge is 0.330 e. The minimum Gasteiger partial charge on any atom is -0.462 e. The monoisotopic (exact) mass is 192 g/mol. The van der Waals surface area contributed by atoms with Gasteiger partial charge in [-0.25, -0.2) is 9.68 Å². The summed E-state index contributed by atoms with van der Waals surface area (Å²) in [7, 11) is 0.460. The van der Waals surface area contributed by atoms with Crippen molar-refractivity contribution in [1.82, 2.24) is 0 Å². The van der Waals surface area contributed by atoms with Gasteiger partial charge in [0.1, 0.15) is 0 Å². The zero-order valence-electron chi connectivity index (χ0n) is 6.95. The predicted molar refractivity (Wildman–Crippen MR) is 43.8 cm³/mol. The van der Waals surface area contributed by atoms with Gasteiger partial charge in [-0.2, -0.15) is 0 Å². The van der Waals surface area contributed by atoms with Crippen LogP contribution in [0.15, 0.2) is 12.7 Å². The number of hydrogen-bond donors (Lipinski definition) is 0. The molecule has 0 atom stereocenters. The lowest BCUT2D eigenvalue weighted by Crippen LogP contribution is -2.05. The molecule has 0 aliphatic carbocycles. The van der Waals surface area contributed by atoms with Gasteiger partial charge >= 0.3 is 5.97 Å². The standard InChI is InChI=1S/C6H12O5Si/c1-2-6(7)8-4-3-5-9-10-11-12/h2H,1,3-5H2,12H3. The number of esters is 1. The molecule has 70 valence electrons.